The fourth-order valence-corrected chi connectivity index (χ4v) is 5.32. The Kier molecular flexibility index (Phi) is 5.56. The van der Waals surface area contributed by atoms with E-state index in [1.54, 1.807) is 6.20 Å². The van der Waals surface area contributed by atoms with Crippen LogP contribution in [0.2, 0.25) is 0 Å². The summed E-state index contributed by atoms with van der Waals surface area (Å²) in [5.74, 6) is 1.01. The Labute approximate surface area is 200 Å². The number of nitrogens with zero attached hydrogens (tertiary/aromatic N) is 4. The van der Waals surface area contributed by atoms with E-state index in [0.29, 0.717) is 16.6 Å². The fraction of sp³-hybridized carbons (Fsp3) is 0.542. The number of fused-ring (bicyclic) bond motifs is 1. The normalized spacial score (nSPS) is 22.4. The van der Waals surface area contributed by atoms with Gasteiger partial charge in [-0.15, -0.1) is 0 Å². The predicted molar refractivity (Wildman–Crippen MR) is 126 cm³/mol. The highest BCUT2D eigenvalue weighted by molar-refractivity contribution is 5.94. The zero-order chi connectivity index (χ0) is 24.0. The van der Waals surface area contributed by atoms with Crippen LogP contribution < -0.4 is 15.5 Å². The monoisotopic (exact) mass is 487 g/mol. The number of rotatable bonds is 4. The van der Waals surface area contributed by atoms with Gasteiger partial charge in [0.15, 0.2) is 0 Å². The van der Waals surface area contributed by atoms with Crippen molar-refractivity contribution < 1.29 is 17.9 Å². The molecule has 0 aliphatic carbocycles. The Morgan fingerprint density at radius 1 is 1.14 bits per heavy atom. The number of nitrogens with one attached hydrogen (secondary N) is 3. The van der Waals surface area contributed by atoms with Gasteiger partial charge in [0.25, 0.3) is 0 Å². The lowest BCUT2D eigenvalue weighted by Crippen LogP contribution is -2.52. The zero-order valence-electron chi connectivity index (χ0n) is 19.3. The number of halogens is 3. The Bertz CT molecular complexity index is 1210. The lowest BCUT2D eigenvalue weighted by Gasteiger charge is -2.47. The Balaban J connectivity index is 1.30. The molecule has 0 aromatic carbocycles. The van der Waals surface area contributed by atoms with Crippen LogP contribution in [0.1, 0.15) is 37.7 Å². The molecule has 3 saturated heterocycles. The molecule has 6 rings (SSSR count). The second-order valence-corrected chi connectivity index (χ2v) is 9.68. The van der Waals surface area contributed by atoms with Crippen molar-refractivity contribution in [2.75, 3.05) is 43.0 Å². The molecule has 35 heavy (non-hydrogen) atoms. The molecule has 3 aromatic heterocycles. The van der Waals surface area contributed by atoms with Crippen molar-refractivity contribution in [1.82, 2.24) is 25.3 Å². The van der Waals surface area contributed by atoms with Gasteiger partial charge in [0, 0.05) is 49.0 Å². The Morgan fingerprint density at radius 3 is 2.66 bits per heavy atom. The molecule has 0 saturated carbocycles. The van der Waals surface area contributed by atoms with Crippen molar-refractivity contribution in [1.29, 1.82) is 0 Å². The van der Waals surface area contributed by atoms with E-state index in [4.69, 9.17) is 9.72 Å². The third-order valence-corrected chi connectivity index (χ3v) is 7.47. The highest BCUT2D eigenvalue weighted by Crippen LogP contribution is 2.40. The van der Waals surface area contributed by atoms with Crippen molar-refractivity contribution in [2.24, 2.45) is 0 Å². The number of aromatic nitrogens is 4. The van der Waals surface area contributed by atoms with Gasteiger partial charge in [-0.25, -0.2) is 15.0 Å². The second-order valence-electron chi connectivity index (χ2n) is 9.68. The molecule has 0 bridgehead atoms. The summed E-state index contributed by atoms with van der Waals surface area (Å²) in [6.45, 7) is 4.20. The number of ether oxygens (including phenoxy) is 1. The molecule has 1 atom stereocenters. The van der Waals surface area contributed by atoms with Gasteiger partial charge in [0.05, 0.1) is 17.9 Å². The first-order valence-electron chi connectivity index (χ1n) is 12.2. The summed E-state index contributed by atoms with van der Waals surface area (Å²) in [6, 6.07) is 3.78. The van der Waals surface area contributed by atoms with E-state index < -0.39 is 11.7 Å². The van der Waals surface area contributed by atoms with Gasteiger partial charge >= 0.3 is 6.18 Å². The standard InChI is InChI=1S/C24H28F3N7O/c25-24(26,27)18-14-30-22(31-15-2-1-8-28-12-15)33-20(18)17-13-29-21-16(17)3-4-19(32-21)34-9-5-23(6-10-34)7-11-35-23/h3-4,13-15,28H,1-2,5-12H2,(H,29,32)(H,30,31,33)/t15-/m0/s1. The summed E-state index contributed by atoms with van der Waals surface area (Å²) in [5, 5.41) is 7.06. The van der Waals surface area contributed by atoms with Crippen molar-refractivity contribution in [2.45, 2.75) is 49.9 Å². The maximum atomic E-state index is 13.9. The number of anilines is 2. The molecule has 186 valence electrons. The zero-order valence-corrected chi connectivity index (χ0v) is 19.3. The van der Waals surface area contributed by atoms with Crippen molar-refractivity contribution in [3.05, 3.63) is 30.1 Å². The maximum absolute atomic E-state index is 13.9. The first-order chi connectivity index (χ1) is 16.9. The number of pyridine rings is 1. The van der Waals surface area contributed by atoms with Crippen LogP contribution in [0.4, 0.5) is 24.9 Å². The van der Waals surface area contributed by atoms with Crippen LogP contribution in [-0.2, 0) is 10.9 Å². The van der Waals surface area contributed by atoms with E-state index in [9.17, 15) is 13.2 Å². The summed E-state index contributed by atoms with van der Waals surface area (Å²) in [7, 11) is 0. The number of hydrogen-bond donors (Lipinski definition) is 3. The molecule has 3 aliphatic rings. The first kappa shape index (κ1) is 22.5. The van der Waals surface area contributed by atoms with Gasteiger partial charge in [-0.1, -0.05) is 0 Å². The van der Waals surface area contributed by atoms with Gasteiger partial charge in [0.1, 0.15) is 17.0 Å². The number of alkyl halides is 3. The lowest BCUT2D eigenvalue weighted by molar-refractivity contribution is -0.158. The predicted octanol–water partition coefficient (Wildman–Crippen LogP) is 3.96. The smallest absolute Gasteiger partial charge is 0.375 e. The average molecular weight is 488 g/mol. The first-order valence-corrected chi connectivity index (χ1v) is 12.2. The molecule has 0 amide bonds. The van der Waals surface area contributed by atoms with Crippen LogP contribution in [0.25, 0.3) is 22.3 Å². The summed E-state index contributed by atoms with van der Waals surface area (Å²) in [4.78, 5) is 18.3. The SMILES string of the molecule is FC(F)(F)c1cnc(N[C@H]2CCCNC2)nc1-c1c[nH]c2nc(N3CCC4(CCO4)CC3)ccc12. The topological polar surface area (TPSA) is 91.0 Å². The van der Waals surface area contributed by atoms with Gasteiger partial charge in [-0.05, 0) is 50.8 Å². The minimum atomic E-state index is -4.58. The molecule has 3 aromatic rings. The number of H-pyrrole nitrogens is 1. The van der Waals surface area contributed by atoms with Crippen LogP contribution in [0.3, 0.4) is 0 Å². The Hall–Kier alpha value is -2.92. The summed E-state index contributed by atoms with van der Waals surface area (Å²) < 4.78 is 47.4. The molecule has 6 heterocycles. The van der Waals surface area contributed by atoms with E-state index in [-0.39, 0.29) is 23.3 Å². The highest BCUT2D eigenvalue weighted by Gasteiger charge is 2.41. The average Bonchev–Trinajstić information content (AvgIpc) is 3.26. The molecular formula is C24H28F3N7O. The third-order valence-electron chi connectivity index (χ3n) is 7.47. The van der Waals surface area contributed by atoms with Gasteiger partial charge < -0.3 is 25.3 Å². The number of hydrogen-bond acceptors (Lipinski definition) is 7. The van der Waals surface area contributed by atoms with Crippen LogP contribution in [-0.4, -0.2) is 64.4 Å². The van der Waals surface area contributed by atoms with Crippen LogP contribution >= 0.6 is 0 Å². The fourth-order valence-electron chi connectivity index (χ4n) is 5.32. The molecular weight excluding hydrogens is 459 g/mol. The molecule has 11 heteroatoms. The summed E-state index contributed by atoms with van der Waals surface area (Å²) >= 11 is 0. The largest absolute Gasteiger partial charge is 0.419 e. The van der Waals surface area contributed by atoms with Gasteiger partial charge in [0.2, 0.25) is 5.95 Å². The van der Waals surface area contributed by atoms with Gasteiger partial charge in [-0.3, -0.25) is 0 Å². The van der Waals surface area contributed by atoms with E-state index in [2.05, 4.69) is 30.5 Å². The Morgan fingerprint density at radius 2 is 1.97 bits per heavy atom. The number of piperidine rings is 2. The van der Waals surface area contributed by atoms with Crippen molar-refractivity contribution in [3.8, 4) is 11.3 Å². The minimum Gasteiger partial charge on any atom is -0.375 e. The van der Waals surface area contributed by atoms with E-state index in [1.165, 1.54) is 0 Å². The quantitative estimate of drug-likeness (QED) is 0.513. The van der Waals surface area contributed by atoms with Crippen molar-refractivity contribution >= 4 is 22.8 Å². The van der Waals surface area contributed by atoms with Crippen LogP contribution in [0.5, 0.6) is 0 Å². The lowest BCUT2D eigenvalue weighted by atomic mass is 9.84. The minimum absolute atomic E-state index is 0.0423. The highest BCUT2D eigenvalue weighted by atomic mass is 19.4. The molecule has 8 nitrogen and oxygen atoms in total. The summed E-state index contributed by atoms with van der Waals surface area (Å²) in [6.07, 6.45) is 2.79. The molecule has 0 radical (unpaired) electrons. The van der Waals surface area contributed by atoms with E-state index in [0.717, 1.165) is 76.9 Å². The third kappa shape index (κ3) is 4.31. The molecule has 1 spiro atoms. The summed E-state index contributed by atoms with van der Waals surface area (Å²) in [5.41, 5.74) is -0.0756. The molecule has 0 unspecified atom stereocenters. The van der Waals surface area contributed by atoms with E-state index >= 15 is 0 Å². The molecule has 3 N–H and O–H groups in total. The molecule has 3 aliphatic heterocycles. The van der Waals surface area contributed by atoms with Gasteiger partial charge in [-0.2, -0.15) is 13.2 Å². The van der Waals surface area contributed by atoms with Crippen molar-refractivity contribution in [3.63, 3.8) is 0 Å². The molecule has 3 fully saturated rings. The number of aromatic amines is 1. The van der Waals surface area contributed by atoms with E-state index in [1.807, 2.05) is 12.1 Å². The maximum Gasteiger partial charge on any atom is 0.419 e. The van der Waals surface area contributed by atoms with Crippen LogP contribution in [0, 0.1) is 0 Å². The van der Waals surface area contributed by atoms with Crippen LogP contribution in [0.15, 0.2) is 24.5 Å². The second kappa shape index (κ2) is 8.63.